The van der Waals surface area contributed by atoms with Crippen molar-refractivity contribution < 1.29 is 0 Å². The third-order valence-corrected chi connectivity index (χ3v) is 3.94. The Hall–Kier alpha value is 0.200. The van der Waals surface area contributed by atoms with Gasteiger partial charge in [-0.15, -0.1) is 12.4 Å². The van der Waals surface area contributed by atoms with Crippen LogP contribution in [0.15, 0.2) is 22.7 Å². The Labute approximate surface area is 122 Å². The highest BCUT2D eigenvalue weighted by atomic mass is 79.9. The third-order valence-electron chi connectivity index (χ3n) is 3.08. The van der Waals surface area contributed by atoms with Crippen LogP contribution in [0.4, 0.5) is 0 Å². The number of hydrogen-bond acceptors (Lipinski definition) is 2. The number of rotatable bonds is 3. The van der Waals surface area contributed by atoms with E-state index in [1.807, 2.05) is 19.2 Å². The zero-order valence-electron chi connectivity index (χ0n) is 9.75. The summed E-state index contributed by atoms with van der Waals surface area (Å²) in [5.41, 5.74) is 1.20. The molecule has 1 atom stereocenters. The van der Waals surface area contributed by atoms with Crippen molar-refractivity contribution in [1.29, 1.82) is 0 Å². The van der Waals surface area contributed by atoms with E-state index in [9.17, 15) is 0 Å². The average Bonchev–Trinajstić information content (AvgIpc) is 2.71. The molecule has 1 aromatic rings. The lowest BCUT2D eigenvalue weighted by Gasteiger charge is -2.17. The van der Waals surface area contributed by atoms with Gasteiger partial charge in [0.15, 0.2) is 0 Å². The summed E-state index contributed by atoms with van der Waals surface area (Å²) >= 11 is 9.66. The quantitative estimate of drug-likeness (QED) is 0.908. The molecule has 1 N–H and O–H groups in total. The zero-order chi connectivity index (χ0) is 11.5. The maximum atomic E-state index is 6.18. The second-order valence-corrected chi connectivity index (χ2v) is 5.57. The van der Waals surface area contributed by atoms with Gasteiger partial charge in [0.05, 0.1) is 0 Å². The predicted octanol–water partition coefficient (Wildman–Crippen LogP) is 3.32. The molecule has 2 rings (SSSR count). The monoisotopic (exact) mass is 338 g/mol. The SMILES string of the molecule is CNC1CCN(Cc2cc(Br)ccc2Cl)C1.Cl. The molecular formula is C12H17BrCl2N2. The van der Waals surface area contributed by atoms with E-state index in [0.717, 1.165) is 29.1 Å². The summed E-state index contributed by atoms with van der Waals surface area (Å²) in [5, 5.41) is 4.18. The molecule has 1 aliphatic heterocycles. The van der Waals surface area contributed by atoms with Gasteiger partial charge in [-0.3, -0.25) is 4.90 Å². The highest BCUT2D eigenvalue weighted by Crippen LogP contribution is 2.23. The molecule has 1 fully saturated rings. The van der Waals surface area contributed by atoms with Gasteiger partial charge in [0.25, 0.3) is 0 Å². The summed E-state index contributed by atoms with van der Waals surface area (Å²) in [6, 6.07) is 6.67. The number of hydrogen-bond donors (Lipinski definition) is 1. The standard InChI is InChI=1S/C12H16BrClN2.ClH/c1-15-11-4-5-16(8-11)7-9-6-10(13)2-3-12(9)14;/h2-3,6,11,15H,4-5,7-8H2,1H3;1H. The molecule has 0 radical (unpaired) electrons. The summed E-state index contributed by atoms with van der Waals surface area (Å²) in [5.74, 6) is 0. The lowest BCUT2D eigenvalue weighted by Crippen LogP contribution is -2.29. The first-order valence-electron chi connectivity index (χ1n) is 5.52. The van der Waals surface area contributed by atoms with Crippen molar-refractivity contribution in [2.45, 2.75) is 19.0 Å². The molecule has 17 heavy (non-hydrogen) atoms. The van der Waals surface area contributed by atoms with E-state index >= 15 is 0 Å². The van der Waals surface area contributed by atoms with Gasteiger partial charge in [-0.1, -0.05) is 27.5 Å². The van der Waals surface area contributed by atoms with Gasteiger partial charge in [0, 0.05) is 35.2 Å². The molecule has 0 spiro atoms. The van der Waals surface area contributed by atoms with Gasteiger partial charge < -0.3 is 5.32 Å². The van der Waals surface area contributed by atoms with Crippen LogP contribution < -0.4 is 5.32 Å². The largest absolute Gasteiger partial charge is 0.316 e. The van der Waals surface area contributed by atoms with Gasteiger partial charge in [-0.25, -0.2) is 0 Å². The maximum Gasteiger partial charge on any atom is 0.0451 e. The molecule has 1 unspecified atom stereocenters. The summed E-state index contributed by atoms with van der Waals surface area (Å²) < 4.78 is 1.09. The van der Waals surface area contributed by atoms with E-state index in [4.69, 9.17) is 11.6 Å². The first kappa shape index (κ1) is 15.3. The van der Waals surface area contributed by atoms with Crippen molar-refractivity contribution in [3.63, 3.8) is 0 Å². The van der Waals surface area contributed by atoms with E-state index in [1.54, 1.807) is 0 Å². The third kappa shape index (κ3) is 4.11. The number of benzene rings is 1. The number of nitrogens with zero attached hydrogens (tertiary/aromatic N) is 1. The van der Waals surface area contributed by atoms with Gasteiger partial charge >= 0.3 is 0 Å². The second kappa shape index (κ2) is 6.95. The molecule has 0 amide bonds. The molecule has 1 aliphatic rings. The number of halogens is 3. The molecular weight excluding hydrogens is 323 g/mol. The number of likely N-dealkylation sites (N-methyl/N-ethyl adjacent to an activating group) is 1. The Balaban J connectivity index is 0.00000144. The zero-order valence-corrected chi connectivity index (χ0v) is 12.9. The van der Waals surface area contributed by atoms with Crippen LogP contribution in [0.5, 0.6) is 0 Å². The molecule has 0 bridgehead atoms. The van der Waals surface area contributed by atoms with E-state index in [2.05, 4.69) is 32.2 Å². The normalized spacial score (nSPS) is 20.3. The lowest BCUT2D eigenvalue weighted by molar-refractivity contribution is 0.322. The van der Waals surface area contributed by atoms with Crippen LogP contribution >= 0.6 is 39.9 Å². The molecule has 0 aliphatic carbocycles. The summed E-state index contributed by atoms with van der Waals surface area (Å²) in [6.45, 7) is 3.20. The topological polar surface area (TPSA) is 15.3 Å². The van der Waals surface area contributed by atoms with E-state index in [0.29, 0.717) is 6.04 Å². The highest BCUT2D eigenvalue weighted by molar-refractivity contribution is 9.10. The molecule has 96 valence electrons. The first-order chi connectivity index (χ1) is 7.69. The Morgan fingerprint density at radius 3 is 2.94 bits per heavy atom. The van der Waals surface area contributed by atoms with Crippen molar-refractivity contribution in [3.8, 4) is 0 Å². The van der Waals surface area contributed by atoms with Crippen molar-refractivity contribution in [3.05, 3.63) is 33.3 Å². The minimum absolute atomic E-state index is 0. The number of likely N-dealkylation sites (tertiary alicyclic amines) is 1. The van der Waals surface area contributed by atoms with E-state index < -0.39 is 0 Å². The second-order valence-electron chi connectivity index (χ2n) is 4.25. The molecule has 1 aromatic carbocycles. The average molecular weight is 340 g/mol. The van der Waals surface area contributed by atoms with Crippen LogP contribution in [-0.4, -0.2) is 31.1 Å². The van der Waals surface area contributed by atoms with Crippen molar-refractivity contribution in [2.75, 3.05) is 20.1 Å². The van der Waals surface area contributed by atoms with Gasteiger partial charge in [-0.05, 0) is 37.2 Å². The molecule has 5 heteroatoms. The van der Waals surface area contributed by atoms with Crippen molar-refractivity contribution in [2.24, 2.45) is 0 Å². The fourth-order valence-corrected chi connectivity index (χ4v) is 2.70. The fraction of sp³-hybridized carbons (Fsp3) is 0.500. The Morgan fingerprint density at radius 2 is 2.29 bits per heavy atom. The lowest BCUT2D eigenvalue weighted by atomic mass is 10.2. The summed E-state index contributed by atoms with van der Waals surface area (Å²) in [4.78, 5) is 2.44. The maximum absolute atomic E-state index is 6.18. The van der Waals surface area contributed by atoms with Crippen molar-refractivity contribution >= 4 is 39.9 Å². The first-order valence-corrected chi connectivity index (χ1v) is 6.69. The van der Waals surface area contributed by atoms with Gasteiger partial charge in [0.1, 0.15) is 0 Å². The Kier molecular flexibility index (Phi) is 6.24. The van der Waals surface area contributed by atoms with Gasteiger partial charge in [-0.2, -0.15) is 0 Å². The minimum atomic E-state index is 0. The fourth-order valence-electron chi connectivity index (χ4n) is 2.12. The van der Waals surface area contributed by atoms with E-state index in [1.165, 1.54) is 12.0 Å². The smallest absolute Gasteiger partial charge is 0.0451 e. The molecule has 0 saturated carbocycles. The summed E-state index contributed by atoms with van der Waals surface area (Å²) in [6.07, 6.45) is 1.22. The predicted molar refractivity (Wildman–Crippen MR) is 79.1 cm³/mol. The van der Waals surface area contributed by atoms with Crippen LogP contribution in [-0.2, 0) is 6.54 Å². The Morgan fingerprint density at radius 1 is 1.53 bits per heavy atom. The molecule has 0 aromatic heterocycles. The number of nitrogens with one attached hydrogen (secondary N) is 1. The molecule has 1 saturated heterocycles. The molecule has 2 nitrogen and oxygen atoms in total. The highest BCUT2D eigenvalue weighted by Gasteiger charge is 2.21. The van der Waals surface area contributed by atoms with Crippen LogP contribution in [0.25, 0.3) is 0 Å². The molecule has 1 heterocycles. The Bertz CT molecular complexity index is 374. The van der Waals surface area contributed by atoms with Crippen LogP contribution in [0, 0.1) is 0 Å². The van der Waals surface area contributed by atoms with Gasteiger partial charge in [0.2, 0.25) is 0 Å². The van der Waals surface area contributed by atoms with Crippen molar-refractivity contribution in [1.82, 2.24) is 10.2 Å². The van der Waals surface area contributed by atoms with E-state index in [-0.39, 0.29) is 12.4 Å². The van der Waals surface area contributed by atoms with Crippen LogP contribution in [0.1, 0.15) is 12.0 Å². The van der Waals surface area contributed by atoms with Crippen LogP contribution in [0.3, 0.4) is 0 Å². The minimum Gasteiger partial charge on any atom is -0.316 e. The summed E-state index contributed by atoms with van der Waals surface area (Å²) in [7, 11) is 2.03. The van der Waals surface area contributed by atoms with Crippen LogP contribution in [0.2, 0.25) is 5.02 Å².